The number of carbonyl (C=O) groups is 1. The van der Waals surface area contributed by atoms with E-state index in [1.165, 1.54) is 12.3 Å². The molecule has 1 aromatic rings. The Hall–Kier alpha value is -1.48. The molecule has 20 heteroatoms. The monoisotopic (exact) mass is 509 g/mol. The topological polar surface area (TPSA) is 256 Å². The summed E-state index contributed by atoms with van der Waals surface area (Å²) in [4.78, 5) is 62.7. The van der Waals surface area contributed by atoms with E-state index in [4.69, 9.17) is 29.9 Å². The van der Waals surface area contributed by atoms with Gasteiger partial charge in [-0.15, -0.1) is 0 Å². The molecule has 1 saturated heterocycles. The van der Waals surface area contributed by atoms with Gasteiger partial charge in [0.05, 0.1) is 13.2 Å². The van der Waals surface area contributed by atoms with Crippen LogP contribution in [0.5, 0.6) is 0 Å². The van der Waals surface area contributed by atoms with Crippen molar-refractivity contribution in [2.45, 2.75) is 25.2 Å². The number of phosphoric acid groups is 3. The fraction of sp³-hybridized carbons (Fsp3) is 0.545. The highest BCUT2D eigenvalue weighted by Gasteiger charge is 2.45. The van der Waals surface area contributed by atoms with Gasteiger partial charge in [0.15, 0.2) is 6.10 Å². The van der Waals surface area contributed by atoms with Crippen LogP contribution in [0.4, 0.5) is 5.82 Å². The van der Waals surface area contributed by atoms with Gasteiger partial charge in [-0.25, -0.2) is 18.5 Å². The van der Waals surface area contributed by atoms with Gasteiger partial charge in [-0.3, -0.25) is 13.9 Å². The Morgan fingerprint density at radius 1 is 1.26 bits per heavy atom. The van der Waals surface area contributed by atoms with Gasteiger partial charge in [-0.2, -0.15) is 13.6 Å². The van der Waals surface area contributed by atoms with Crippen LogP contribution in [0.3, 0.4) is 0 Å². The maximum Gasteiger partial charge on any atom is 0.490 e. The number of nitrogens with zero attached hydrogens (tertiary/aromatic N) is 2. The van der Waals surface area contributed by atoms with Gasteiger partial charge in [0, 0.05) is 13.1 Å². The van der Waals surface area contributed by atoms with Gasteiger partial charge in [0.1, 0.15) is 18.0 Å². The zero-order chi connectivity index (χ0) is 23.6. The van der Waals surface area contributed by atoms with E-state index in [-0.39, 0.29) is 12.4 Å². The minimum Gasteiger partial charge on any atom is -0.457 e. The number of rotatable bonds is 9. The first-order valence-corrected chi connectivity index (χ1v) is 12.5. The second-order valence-electron chi connectivity index (χ2n) is 5.94. The Bertz CT molecular complexity index is 1020. The molecule has 0 aromatic carbocycles. The van der Waals surface area contributed by atoms with Crippen LogP contribution in [0.1, 0.15) is 13.0 Å². The molecule has 1 aliphatic heterocycles. The van der Waals surface area contributed by atoms with Crippen molar-refractivity contribution in [1.29, 1.82) is 0 Å². The second kappa shape index (κ2) is 9.57. The number of nitrogen functional groups attached to an aromatic ring is 1. The quantitative estimate of drug-likeness (QED) is 0.198. The molecule has 1 aliphatic rings. The first-order valence-electron chi connectivity index (χ1n) is 8.00. The summed E-state index contributed by atoms with van der Waals surface area (Å²) < 4.78 is 57.0. The maximum atomic E-state index is 12.1. The van der Waals surface area contributed by atoms with Crippen LogP contribution in [0.25, 0.3) is 0 Å². The summed E-state index contributed by atoms with van der Waals surface area (Å²) in [7, 11) is -16.7. The van der Waals surface area contributed by atoms with Gasteiger partial charge < -0.3 is 34.8 Å². The van der Waals surface area contributed by atoms with Crippen molar-refractivity contribution in [1.82, 2.24) is 9.55 Å². The summed E-state index contributed by atoms with van der Waals surface area (Å²) in [5.41, 5.74) is 4.62. The van der Waals surface area contributed by atoms with Gasteiger partial charge in [0.2, 0.25) is 0 Å². The van der Waals surface area contributed by atoms with E-state index < -0.39 is 60.0 Å². The van der Waals surface area contributed by atoms with Crippen molar-refractivity contribution in [2.24, 2.45) is 0 Å². The lowest BCUT2D eigenvalue weighted by atomic mass is 10.1. The average Bonchev–Trinajstić information content (AvgIpc) is 2.91. The predicted molar refractivity (Wildman–Crippen MR) is 97.1 cm³/mol. The molecule has 31 heavy (non-hydrogen) atoms. The lowest BCUT2D eigenvalue weighted by Crippen LogP contribution is -2.39. The minimum atomic E-state index is -5.70. The first kappa shape index (κ1) is 25.8. The van der Waals surface area contributed by atoms with Crippen molar-refractivity contribution >= 4 is 35.3 Å². The van der Waals surface area contributed by atoms with E-state index in [1.807, 2.05) is 0 Å². The standard InChI is InChI=1S/C11H18N3O14P3/c1-6(15)26-10-7(14-3-2-9(12)13-11(14)16)4-24-8(10)5-25-30(20,21)28-31(22,23)27-29(17,18)19/h2-3,7-8,10H,4-5H2,1H3,(H,20,21)(H,22,23)(H2,12,13,16)(H2,17,18,19)/t7-,8-,10+/m0/s1. The van der Waals surface area contributed by atoms with Gasteiger partial charge in [-0.1, -0.05) is 0 Å². The number of aromatic nitrogens is 2. The molecule has 5 atom stereocenters. The molecular weight excluding hydrogens is 491 g/mol. The molecule has 2 unspecified atom stereocenters. The maximum absolute atomic E-state index is 12.1. The molecule has 1 aromatic heterocycles. The highest BCUT2D eigenvalue weighted by atomic mass is 31.3. The zero-order valence-corrected chi connectivity index (χ0v) is 18.2. The summed E-state index contributed by atoms with van der Waals surface area (Å²) in [5.74, 6) is -0.853. The van der Waals surface area contributed by atoms with Crippen molar-refractivity contribution in [2.75, 3.05) is 18.9 Å². The second-order valence-corrected chi connectivity index (χ2v) is 10.4. The van der Waals surface area contributed by atoms with E-state index in [1.54, 1.807) is 0 Å². The van der Waals surface area contributed by atoms with Gasteiger partial charge >= 0.3 is 35.1 Å². The molecule has 0 aliphatic carbocycles. The normalized spacial score (nSPS) is 25.5. The van der Waals surface area contributed by atoms with Crippen molar-refractivity contribution in [3.8, 4) is 0 Å². The summed E-state index contributed by atoms with van der Waals surface area (Å²) in [5, 5.41) is 0. The molecule has 0 saturated carbocycles. The van der Waals surface area contributed by atoms with Crippen LogP contribution >= 0.6 is 23.5 Å². The summed E-state index contributed by atoms with van der Waals surface area (Å²) in [6, 6.07) is 0.366. The van der Waals surface area contributed by atoms with Gasteiger partial charge in [-0.05, 0) is 6.07 Å². The number of phosphoric ester groups is 1. The summed E-state index contributed by atoms with van der Waals surface area (Å²) in [6.45, 7) is -0.0397. The molecule has 6 N–H and O–H groups in total. The van der Waals surface area contributed by atoms with Crippen molar-refractivity contribution in [3.05, 3.63) is 22.7 Å². The zero-order valence-electron chi connectivity index (χ0n) is 15.5. The van der Waals surface area contributed by atoms with Crippen LogP contribution < -0.4 is 11.4 Å². The van der Waals surface area contributed by atoms with Crippen molar-refractivity contribution < 1.29 is 60.7 Å². The number of esters is 1. The van der Waals surface area contributed by atoms with Gasteiger partial charge in [0.25, 0.3) is 0 Å². The first-order chi connectivity index (χ1) is 14.1. The predicted octanol–water partition coefficient (Wildman–Crippen LogP) is -0.960. The van der Waals surface area contributed by atoms with Crippen LogP contribution in [0.2, 0.25) is 0 Å². The number of anilines is 1. The fourth-order valence-electron chi connectivity index (χ4n) is 2.54. The molecule has 0 bridgehead atoms. The van der Waals surface area contributed by atoms with Crippen LogP contribution in [0.15, 0.2) is 17.1 Å². The van der Waals surface area contributed by atoms with E-state index in [9.17, 15) is 28.2 Å². The summed E-state index contributed by atoms with van der Waals surface area (Å²) in [6.07, 6.45) is -1.23. The molecule has 2 heterocycles. The Morgan fingerprint density at radius 2 is 1.90 bits per heavy atom. The smallest absolute Gasteiger partial charge is 0.457 e. The molecule has 176 valence electrons. The molecule has 2 rings (SSSR count). The van der Waals surface area contributed by atoms with E-state index in [2.05, 4.69) is 18.1 Å². The number of hydrogen-bond donors (Lipinski definition) is 5. The summed E-state index contributed by atoms with van der Waals surface area (Å²) >= 11 is 0. The third-order valence-electron chi connectivity index (χ3n) is 3.56. The third-order valence-corrected chi connectivity index (χ3v) is 7.36. The number of hydrogen-bond acceptors (Lipinski definition) is 12. The molecule has 0 amide bonds. The van der Waals surface area contributed by atoms with Crippen LogP contribution in [-0.4, -0.2) is 60.5 Å². The highest BCUT2D eigenvalue weighted by Crippen LogP contribution is 2.66. The Balaban J connectivity index is 2.13. The Labute approximate surface area is 173 Å². The number of ether oxygens (including phenoxy) is 2. The Kier molecular flexibility index (Phi) is 7.95. The fourth-order valence-corrected chi connectivity index (χ4v) is 5.57. The molecule has 0 radical (unpaired) electrons. The third kappa shape index (κ3) is 7.86. The number of nitrogens with two attached hydrogens (primary N) is 1. The molecular formula is C11H18N3O14P3. The average molecular weight is 509 g/mol. The number of carbonyl (C=O) groups excluding carboxylic acids is 1. The van der Waals surface area contributed by atoms with Crippen LogP contribution in [-0.2, 0) is 41.1 Å². The lowest BCUT2D eigenvalue weighted by molar-refractivity contribution is -0.151. The Morgan fingerprint density at radius 3 is 2.45 bits per heavy atom. The van der Waals surface area contributed by atoms with Crippen LogP contribution in [0, 0.1) is 0 Å². The van der Waals surface area contributed by atoms with E-state index in [0.29, 0.717) is 0 Å². The SMILES string of the molecule is CC(=O)O[C@H]1[C@H](COP(=O)(O)OP(=O)(O)OP(=O)(O)O)OC[C@@H]1n1ccc(N)nc1=O. The highest BCUT2D eigenvalue weighted by molar-refractivity contribution is 7.66. The minimum absolute atomic E-state index is 0.0617. The molecule has 0 spiro atoms. The van der Waals surface area contributed by atoms with E-state index >= 15 is 0 Å². The molecule has 1 fully saturated rings. The lowest BCUT2D eigenvalue weighted by Gasteiger charge is -2.24. The van der Waals surface area contributed by atoms with Crippen molar-refractivity contribution in [3.63, 3.8) is 0 Å². The molecule has 17 nitrogen and oxygen atoms in total. The van der Waals surface area contributed by atoms with E-state index in [0.717, 1.165) is 11.5 Å². The largest absolute Gasteiger partial charge is 0.490 e.